The number of likely N-dealkylation sites (N-methyl/N-ethyl adjacent to an activating group) is 1. The van der Waals surface area contributed by atoms with Crippen molar-refractivity contribution < 1.29 is 4.79 Å². The highest BCUT2D eigenvalue weighted by Crippen LogP contribution is 2.18. The predicted octanol–water partition coefficient (Wildman–Crippen LogP) is 1.44. The highest BCUT2D eigenvalue weighted by molar-refractivity contribution is 5.82. The monoisotopic (exact) mass is 263 g/mol. The van der Waals surface area contributed by atoms with Crippen molar-refractivity contribution in [2.75, 3.05) is 20.1 Å². The molecule has 1 rings (SSSR count). The number of carbonyl (C=O) groups excluding carboxylic acids is 1. The number of hydrogen-bond acceptors (Lipinski definition) is 3. The summed E-state index contributed by atoms with van der Waals surface area (Å²) in [4.78, 5) is 13.9. The van der Waals surface area contributed by atoms with Crippen LogP contribution in [0.4, 0.5) is 0 Å². The second-order valence-corrected chi connectivity index (χ2v) is 5.95. The van der Waals surface area contributed by atoms with Crippen LogP contribution in [0.2, 0.25) is 0 Å². The van der Waals surface area contributed by atoms with Gasteiger partial charge in [-0.3, -0.25) is 4.79 Å². The first kappa shape index (κ1) is 15.7. The summed E-state index contributed by atoms with van der Waals surface area (Å²) in [6.07, 6.45) is 0. The molecule has 0 saturated heterocycles. The third kappa shape index (κ3) is 4.33. The zero-order valence-electron chi connectivity index (χ0n) is 12.3. The van der Waals surface area contributed by atoms with E-state index in [2.05, 4.69) is 0 Å². The summed E-state index contributed by atoms with van der Waals surface area (Å²) in [5.41, 5.74) is 13.6. The molecule has 1 aromatic rings. The van der Waals surface area contributed by atoms with Crippen LogP contribution in [0.1, 0.15) is 31.0 Å². The third-order valence-electron chi connectivity index (χ3n) is 3.30. The minimum absolute atomic E-state index is 0.0784. The van der Waals surface area contributed by atoms with Gasteiger partial charge in [-0.15, -0.1) is 0 Å². The average molecular weight is 263 g/mol. The van der Waals surface area contributed by atoms with Gasteiger partial charge in [-0.1, -0.05) is 43.7 Å². The topological polar surface area (TPSA) is 72.4 Å². The molecule has 1 unspecified atom stereocenters. The van der Waals surface area contributed by atoms with Crippen molar-refractivity contribution in [1.29, 1.82) is 0 Å². The Morgan fingerprint density at radius 3 is 2.32 bits per heavy atom. The highest BCUT2D eigenvalue weighted by Gasteiger charge is 2.25. The van der Waals surface area contributed by atoms with Gasteiger partial charge >= 0.3 is 0 Å². The fourth-order valence-electron chi connectivity index (χ4n) is 1.94. The Kier molecular flexibility index (Phi) is 5.09. The minimum Gasteiger partial charge on any atom is -0.344 e. The zero-order valence-corrected chi connectivity index (χ0v) is 12.3. The Hall–Kier alpha value is -1.39. The van der Waals surface area contributed by atoms with Crippen molar-refractivity contribution in [3.63, 3.8) is 0 Å². The van der Waals surface area contributed by atoms with Gasteiger partial charge < -0.3 is 16.4 Å². The summed E-state index contributed by atoms with van der Waals surface area (Å²) < 4.78 is 0. The summed E-state index contributed by atoms with van der Waals surface area (Å²) in [6.45, 7) is 7.21. The molecule has 4 heteroatoms. The van der Waals surface area contributed by atoms with Crippen molar-refractivity contribution >= 4 is 5.91 Å². The quantitative estimate of drug-likeness (QED) is 0.844. The van der Waals surface area contributed by atoms with Crippen molar-refractivity contribution in [3.8, 4) is 0 Å². The summed E-state index contributed by atoms with van der Waals surface area (Å²) in [5, 5.41) is 0. The molecule has 0 fully saturated rings. The number of amides is 1. The molecule has 0 aromatic heterocycles. The van der Waals surface area contributed by atoms with E-state index in [1.54, 1.807) is 11.9 Å². The molecule has 0 spiro atoms. The summed E-state index contributed by atoms with van der Waals surface area (Å²) in [6, 6.07) is 7.12. The van der Waals surface area contributed by atoms with E-state index < -0.39 is 6.04 Å². The Morgan fingerprint density at radius 2 is 1.84 bits per heavy atom. The van der Waals surface area contributed by atoms with E-state index >= 15 is 0 Å². The van der Waals surface area contributed by atoms with Crippen LogP contribution in [0.15, 0.2) is 24.3 Å². The minimum atomic E-state index is -0.612. The molecule has 1 amide bonds. The Balaban J connectivity index is 2.74. The lowest BCUT2D eigenvalue weighted by Gasteiger charge is -2.30. The molecule has 0 heterocycles. The number of carbonyl (C=O) groups is 1. The normalized spacial score (nSPS) is 13.2. The van der Waals surface area contributed by atoms with E-state index in [0.717, 1.165) is 11.1 Å². The van der Waals surface area contributed by atoms with Crippen LogP contribution in [0, 0.1) is 12.3 Å². The van der Waals surface area contributed by atoms with E-state index in [9.17, 15) is 4.79 Å². The van der Waals surface area contributed by atoms with E-state index in [1.807, 2.05) is 45.0 Å². The number of hydrogen-bond donors (Lipinski definition) is 2. The van der Waals surface area contributed by atoms with Gasteiger partial charge in [-0.2, -0.15) is 0 Å². The van der Waals surface area contributed by atoms with Crippen molar-refractivity contribution in [2.24, 2.45) is 16.9 Å². The molecule has 4 nitrogen and oxygen atoms in total. The SMILES string of the molecule is Cc1ccc(C(N)C(=O)N(C)CC(C)(C)CN)cc1. The maximum Gasteiger partial charge on any atom is 0.243 e. The number of nitrogens with two attached hydrogens (primary N) is 2. The fraction of sp³-hybridized carbons (Fsp3) is 0.533. The lowest BCUT2D eigenvalue weighted by molar-refractivity contribution is -0.132. The van der Waals surface area contributed by atoms with E-state index in [1.165, 1.54) is 0 Å². The molecular weight excluding hydrogens is 238 g/mol. The van der Waals surface area contributed by atoms with Gasteiger partial charge in [-0.25, -0.2) is 0 Å². The van der Waals surface area contributed by atoms with Crippen LogP contribution in [0.25, 0.3) is 0 Å². The van der Waals surface area contributed by atoms with E-state index in [-0.39, 0.29) is 11.3 Å². The molecule has 0 aliphatic carbocycles. The van der Waals surface area contributed by atoms with Crippen LogP contribution in [0.5, 0.6) is 0 Å². The highest BCUT2D eigenvalue weighted by atomic mass is 16.2. The van der Waals surface area contributed by atoms with Crippen molar-refractivity contribution in [3.05, 3.63) is 35.4 Å². The first-order valence-corrected chi connectivity index (χ1v) is 6.54. The zero-order chi connectivity index (χ0) is 14.6. The molecule has 1 atom stereocenters. The lowest BCUT2D eigenvalue weighted by Crippen LogP contribution is -2.43. The van der Waals surface area contributed by atoms with Crippen LogP contribution in [-0.4, -0.2) is 30.9 Å². The van der Waals surface area contributed by atoms with Gasteiger partial charge in [-0.05, 0) is 24.4 Å². The van der Waals surface area contributed by atoms with Crippen LogP contribution in [-0.2, 0) is 4.79 Å². The molecule has 0 radical (unpaired) electrons. The third-order valence-corrected chi connectivity index (χ3v) is 3.30. The molecule has 0 bridgehead atoms. The Morgan fingerprint density at radius 1 is 1.32 bits per heavy atom. The maximum atomic E-state index is 12.3. The van der Waals surface area contributed by atoms with Gasteiger partial charge in [0.1, 0.15) is 6.04 Å². The Bertz CT molecular complexity index is 426. The number of benzene rings is 1. The van der Waals surface area contributed by atoms with Gasteiger partial charge in [0.15, 0.2) is 0 Å². The lowest BCUT2D eigenvalue weighted by atomic mass is 9.93. The van der Waals surface area contributed by atoms with Gasteiger partial charge in [0.25, 0.3) is 0 Å². The molecule has 106 valence electrons. The Labute approximate surface area is 115 Å². The van der Waals surface area contributed by atoms with Gasteiger partial charge in [0.05, 0.1) is 0 Å². The second kappa shape index (κ2) is 6.17. The molecule has 4 N–H and O–H groups in total. The number of rotatable bonds is 5. The van der Waals surface area contributed by atoms with Crippen LogP contribution < -0.4 is 11.5 Å². The summed E-state index contributed by atoms with van der Waals surface area (Å²) in [5.74, 6) is -0.0784. The van der Waals surface area contributed by atoms with Crippen LogP contribution >= 0.6 is 0 Å². The average Bonchev–Trinajstić information content (AvgIpc) is 2.37. The molecule has 0 aliphatic heterocycles. The molecule has 19 heavy (non-hydrogen) atoms. The molecule has 1 aromatic carbocycles. The van der Waals surface area contributed by atoms with Crippen LogP contribution in [0.3, 0.4) is 0 Å². The smallest absolute Gasteiger partial charge is 0.243 e. The number of aryl methyl sites for hydroxylation is 1. The van der Waals surface area contributed by atoms with Crippen molar-refractivity contribution in [1.82, 2.24) is 4.90 Å². The largest absolute Gasteiger partial charge is 0.344 e. The first-order chi connectivity index (χ1) is 8.76. The predicted molar refractivity (Wildman–Crippen MR) is 78.6 cm³/mol. The second-order valence-electron chi connectivity index (χ2n) is 5.95. The first-order valence-electron chi connectivity index (χ1n) is 6.54. The van der Waals surface area contributed by atoms with E-state index in [0.29, 0.717) is 13.1 Å². The molecular formula is C15H25N3O. The summed E-state index contributed by atoms with van der Waals surface area (Å²) >= 11 is 0. The summed E-state index contributed by atoms with van der Waals surface area (Å²) in [7, 11) is 1.77. The van der Waals surface area contributed by atoms with Gasteiger partial charge in [0, 0.05) is 13.6 Å². The molecule has 0 saturated carbocycles. The molecule has 0 aliphatic rings. The van der Waals surface area contributed by atoms with Crippen molar-refractivity contribution in [2.45, 2.75) is 26.8 Å². The van der Waals surface area contributed by atoms with E-state index in [4.69, 9.17) is 11.5 Å². The number of nitrogens with zero attached hydrogens (tertiary/aromatic N) is 1. The van der Waals surface area contributed by atoms with Gasteiger partial charge in [0.2, 0.25) is 5.91 Å². The standard InChI is InChI=1S/C15H25N3O/c1-11-5-7-12(8-6-11)13(17)14(19)18(4)10-15(2,3)9-16/h5-8,13H,9-10,16-17H2,1-4H3. The fourth-order valence-corrected chi connectivity index (χ4v) is 1.94. The maximum absolute atomic E-state index is 12.3.